The lowest BCUT2D eigenvalue weighted by Gasteiger charge is -2.40. The van der Waals surface area contributed by atoms with Gasteiger partial charge in [0, 0.05) is 43.4 Å². The zero-order valence-electron chi connectivity index (χ0n) is 18.4. The van der Waals surface area contributed by atoms with Crippen molar-refractivity contribution in [3.05, 3.63) is 70.5 Å². The van der Waals surface area contributed by atoms with Crippen molar-refractivity contribution < 1.29 is 18.7 Å². The number of ether oxygens (including phenoxy) is 2. The van der Waals surface area contributed by atoms with Gasteiger partial charge in [-0.2, -0.15) is 0 Å². The van der Waals surface area contributed by atoms with Crippen LogP contribution in [0.4, 0.5) is 4.39 Å². The average molecular weight is 461 g/mol. The minimum atomic E-state index is -0.651. The minimum Gasteiger partial charge on any atom is -0.381 e. The largest absolute Gasteiger partial charge is 0.381 e. The van der Waals surface area contributed by atoms with Crippen LogP contribution in [-0.4, -0.2) is 56.4 Å². The average Bonchev–Trinajstić information content (AvgIpc) is 2.81. The minimum absolute atomic E-state index is 0.0265. The second kappa shape index (κ2) is 10.3. The maximum atomic E-state index is 14.9. The zero-order valence-corrected chi connectivity index (χ0v) is 19.1. The Morgan fingerprint density at radius 1 is 1.19 bits per heavy atom. The van der Waals surface area contributed by atoms with E-state index in [1.54, 1.807) is 12.1 Å². The SMILES string of the molecule is CC1CN(C(CNC(=O)C2(c3ccccc3)CCOCC2)c2c(F)cccc2Cl)CCO1. The van der Waals surface area contributed by atoms with Crippen LogP contribution in [0, 0.1) is 5.82 Å². The summed E-state index contributed by atoms with van der Waals surface area (Å²) in [6.45, 7) is 5.18. The normalized spacial score (nSPS) is 22.3. The summed E-state index contributed by atoms with van der Waals surface area (Å²) in [5.41, 5.74) is 0.757. The van der Waals surface area contributed by atoms with E-state index in [2.05, 4.69) is 10.2 Å². The zero-order chi connectivity index (χ0) is 22.6. The summed E-state index contributed by atoms with van der Waals surface area (Å²) in [4.78, 5) is 15.8. The highest BCUT2D eigenvalue weighted by Gasteiger charge is 2.42. The lowest BCUT2D eigenvalue weighted by Crippen LogP contribution is -2.51. The number of halogens is 2. The maximum absolute atomic E-state index is 14.9. The Hall–Kier alpha value is -1.99. The second-order valence-electron chi connectivity index (χ2n) is 8.60. The van der Waals surface area contributed by atoms with E-state index in [0.29, 0.717) is 56.3 Å². The molecular weight excluding hydrogens is 431 g/mol. The van der Waals surface area contributed by atoms with Crippen molar-refractivity contribution in [3.63, 3.8) is 0 Å². The van der Waals surface area contributed by atoms with Crippen molar-refractivity contribution in [1.29, 1.82) is 0 Å². The Labute approximate surface area is 193 Å². The summed E-state index contributed by atoms with van der Waals surface area (Å²) in [5, 5.41) is 3.52. The monoisotopic (exact) mass is 460 g/mol. The van der Waals surface area contributed by atoms with Gasteiger partial charge in [0.1, 0.15) is 5.82 Å². The standard InChI is InChI=1S/C25H30ClFN2O3/c1-18-17-29(12-15-32-18)22(23-20(26)8-5-9-21(23)27)16-28-24(30)25(10-13-31-14-11-25)19-6-3-2-4-7-19/h2-9,18,22H,10-17H2,1H3,(H,28,30). The molecular formula is C25H30ClFN2O3. The van der Waals surface area contributed by atoms with E-state index in [1.165, 1.54) is 6.07 Å². The molecule has 172 valence electrons. The Kier molecular flexibility index (Phi) is 7.46. The van der Waals surface area contributed by atoms with Gasteiger partial charge in [0.25, 0.3) is 0 Å². The number of rotatable bonds is 6. The van der Waals surface area contributed by atoms with Crippen molar-refractivity contribution in [1.82, 2.24) is 10.2 Å². The number of hydrogen-bond acceptors (Lipinski definition) is 4. The van der Waals surface area contributed by atoms with Crippen molar-refractivity contribution >= 4 is 17.5 Å². The number of carbonyl (C=O) groups is 1. The van der Waals surface area contributed by atoms with Crippen molar-refractivity contribution in [3.8, 4) is 0 Å². The van der Waals surface area contributed by atoms with Crippen LogP contribution in [0.2, 0.25) is 5.02 Å². The van der Waals surface area contributed by atoms with Gasteiger partial charge in [-0.05, 0) is 37.5 Å². The molecule has 2 heterocycles. The van der Waals surface area contributed by atoms with Gasteiger partial charge >= 0.3 is 0 Å². The maximum Gasteiger partial charge on any atom is 0.230 e. The van der Waals surface area contributed by atoms with Crippen molar-refractivity contribution in [2.45, 2.75) is 37.3 Å². The third kappa shape index (κ3) is 4.84. The van der Waals surface area contributed by atoms with Crippen LogP contribution >= 0.6 is 11.6 Å². The highest BCUT2D eigenvalue weighted by molar-refractivity contribution is 6.31. The molecule has 32 heavy (non-hydrogen) atoms. The van der Waals surface area contributed by atoms with E-state index in [-0.39, 0.29) is 30.4 Å². The molecule has 0 bridgehead atoms. The number of morpholine rings is 1. The number of hydrogen-bond donors (Lipinski definition) is 1. The number of nitrogens with zero attached hydrogens (tertiary/aromatic N) is 1. The van der Waals surface area contributed by atoms with Crippen LogP contribution in [0.3, 0.4) is 0 Å². The molecule has 0 aliphatic carbocycles. The third-order valence-electron chi connectivity index (χ3n) is 6.61. The Morgan fingerprint density at radius 3 is 2.62 bits per heavy atom. The van der Waals surface area contributed by atoms with E-state index in [4.69, 9.17) is 21.1 Å². The van der Waals surface area contributed by atoms with Gasteiger partial charge in [-0.3, -0.25) is 9.69 Å². The summed E-state index contributed by atoms with van der Waals surface area (Å²) in [6, 6.07) is 14.2. The molecule has 5 nitrogen and oxygen atoms in total. The van der Waals surface area contributed by atoms with Gasteiger partial charge in [0.2, 0.25) is 5.91 Å². The smallest absolute Gasteiger partial charge is 0.230 e. The Balaban J connectivity index is 1.60. The Bertz CT molecular complexity index is 900. The number of carbonyl (C=O) groups excluding carboxylic acids is 1. The molecule has 2 aliphatic heterocycles. The molecule has 2 fully saturated rings. The molecule has 2 aliphatic rings. The van der Waals surface area contributed by atoms with Gasteiger partial charge in [-0.25, -0.2) is 4.39 Å². The third-order valence-corrected chi connectivity index (χ3v) is 6.94. The molecule has 7 heteroatoms. The lowest BCUT2D eigenvalue weighted by atomic mass is 9.73. The van der Waals surface area contributed by atoms with Gasteiger partial charge in [-0.1, -0.05) is 48.0 Å². The number of nitrogens with one attached hydrogen (secondary N) is 1. The van der Waals surface area contributed by atoms with E-state index >= 15 is 0 Å². The molecule has 1 N–H and O–H groups in total. The fourth-order valence-corrected chi connectivity index (χ4v) is 5.14. The number of amides is 1. The van der Waals surface area contributed by atoms with Crippen molar-refractivity contribution in [2.24, 2.45) is 0 Å². The van der Waals surface area contributed by atoms with Crippen LogP contribution in [0.1, 0.15) is 36.9 Å². The summed E-state index contributed by atoms with van der Waals surface area (Å²) in [5.74, 6) is -0.412. The van der Waals surface area contributed by atoms with E-state index in [0.717, 1.165) is 5.56 Å². The molecule has 2 aromatic carbocycles. The van der Waals surface area contributed by atoms with Crippen LogP contribution in [0.15, 0.2) is 48.5 Å². The molecule has 2 aromatic rings. The molecule has 0 aromatic heterocycles. The number of benzene rings is 2. The molecule has 2 saturated heterocycles. The molecule has 4 rings (SSSR count). The second-order valence-corrected chi connectivity index (χ2v) is 9.01. The highest BCUT2D eigenvalue weighted by atomic mass is 35.5. The molecule has 2 atom stereocenters. The van der Waals surface area contributed by atoms with Crippen molar-refractivity contribution in [2.75, 3.05) is 39.5 Å². The molecule has 0 spiro atoms. The van der Waals surface area contributed by atoms with E-state index in [9.17, 15) is 9.18 Å². The molecule has 2 unspecified atom stereocenters. The van der Waals surface area contributed by atoms with E-state index in [1.807, 2.05) is 37.3 Å². The van der Waals surface area contributed by atoms with Crippen LogP contribution in [0.25, 0.3) is 0 Å². The first kappa shape index (κ1) is 23.2. The highest BCUT2D eigenvalue weighted by Crippen LogP contribution is 2.36. The summed E-state index contributed by atoms with van der Waals surface area (Å²) in [7, 11) is 0. The van der Waals surface area contributed by atoms with Crippen LogP contribution in [-0.2, 0) is 19.7 Å². The fraction of sp³-hybridized carbons (Fsp3) is 0.480. The lowest BCUT2D eigenvalue weighted by molar-refractivity contribution is -0.131. The van der Waals surface area contributed by atoms with Gasteiger partial charge in [0.05, 0.1) is 24.2 Å². The van der Waals surface area contributed by atoms with Crippen LogP contribution in [0.5, 0.6) is 0 Å². The molecule has 1 amide bonds. The quantitative estimate of drug-likeness (QED) is 0.705. The summed E-state index contributed by atoms with van der Waals surface area (Å²) >= 11 is 6.44. The van der Waals surface area contributed by atoms with Crippen LogP contribution < -0.4 is 5.32 Å². The van der Waals surface area contributed by atoms with Gasteiger partial charge in [0.15, 0.2) is 0 Å². The predicted octanol–water partition coefficient (Wildman–Crippen LogP) is 4.11. The summed E-state index contributed by atoms with van der Waals surface area (Å²) in [6.07, 6.45) is 1.25. The topological polar surface area (TPSA) is 50.8 Å². The first-order chi connectivity index (χ1) is 15.5. The molecule has 0 radical (unpaired) electrons. The summed E-state index contributed by atoms with van der Waals surface area (Å²) < 4.78 is 26.1. The Morgan fingerprint density at radius 2 is 1.94 bits per heavy atom. The fourth-order valence-electron chi connectivity index (χ4n) is 4.85. The van der Waals surface area contributed by atoms with Gasteiger partial charge < -0.3 is 14.8 Å². The van der Waals surface area contributed by atoms with E-state index < -0.39 is 5.41 Å². The first-order valence-electron chi connectivity index (χ1n) is 11.2. The van der Waals surface area contributed by atoms with Gasteiger partial charge in [-0.15, -0.1) is 0 Å². The molecule has 0 saturated carbocycles. The first-order valence-corrected chi connectivity index (χ1v) is 11.6. The predicted molar refractivity (Wildman–Crippen MR) is 122 cm³/mol.